The second-order valence-corrected chi connectivity index (χ2v) is 3.65. The van der Waals surface area contributed by atoms with Gasteiger partial charge in [0.25, 0.3) is 0 Å². The van der Waals surface area contributed by atoms with Crippen LogP contribution in [0.15, 0.2) is 24.5 Å². The normalized spacial score (nSPS) is 18.1. The highest BCUT2D eigenvalue weighted by Gasteiger charge is 2.17. The molecule has 1 aliphatic heterocycles. The summed E-state index contributed by atoms with van der Waals surface area (Å²) in [6, 6.07) is 6.48. The van der Waals surface area contributed by atoms with Crippen molar-refractivity contribution in [3.05, 3.63) is 30.1 Å². The van der Waals surface area contributed by atoms with Crippen LogP contribution in [-0.4, -0.2) is 15.6 Å². The number of nitrogens with zero attached hydrogens (tertiary/aromatic N) is 2. The summed E-state index contributed by atoms with van der Waals surface area (Å²) in [7, 11) is 0. The summed E-state index contributed by atoms with van der Waals surface area (Å²) in [6.45, 7) is 0.896. The SMILES string of the molecule is Cl.Cl.NC1Cc2cccc3ncn(c23)C1. The fraction of sp³-hybridized carbons (Fsp3) is 0.300. The Bertz CT molecular complexity index is 467. The molecular weight excluding hydrogens is 233 g/mol. The van der Waals surface area contributed by atoms with Gasteiger partial charge in [-0.05, 0) is 18.1 Å². The number of hydrogen-bond donors (Lipinski definition) is 1. The Morgan fingerprint density at radius 2 is 2.13 bits per heavy atom. The van der Waals surface area contributed by atoms with E-state index in [-0.39, 0.29) is 30.9 Å². The first-order chi connectivity index (χ1) is 6.34. The lowest BCUT2D eigenvalue weighted by atomic mass is 10.0. The quantitative estimate of drug-likeness (QED) is 0.769. The Labute approximate surface area is 100 Å². The van der Waals surface area contributed by atoms with Crippen molar-refractivity contribution in [3.8, 4) is 0 Å². The first kappa shape index (κ1) is 12.3. The van der Waals surface area contributed by atoms with Gasteiger partial charge in [-0.2, -0.15) is 0 Å². The van der Waals surface area contributed by atoms with Crippen molar-refractivity contribution in [1.29, 1.82) is 0 Å². The van der Waals surface area contributed by atoms with Crippen molar-refractivity contribution in [1.82, 2.24) is 9.55 Å². The molecule has 1 aliphatic rings. The Morgan fingerprint density at radius 1 is 1.33 bits per heavy atom. The zero-order chi connectivity index (χ0) is 8.84. The molecule has 2 N–H and O–H groups in total. The number of rotatable bonds is 0. The van der Waals surface area contributed by atoms with E-state index in [1.807, 2.05) is 18.5 Å². The molecule has 0 saturated carbocycles. The smallest absolute Gasteiger partial charge is 0.0958 e. The molecule has 1 aromatic heterocycles. The highest BCUT2D eigenvalue weighted by molar-refractivity contribution is 5.85. The topological polar surface area (TPSA) is 43.8 Å². The third-order valence-corrected chi connectivity index (χ3v) is 2.64. The lowest BCUT2D eigenvalue weighted by Crippen LogP contribution is -2.31. The van der Waals surface area contributed by atoms with Crippen LogP contribution < -0.4 is 5.73 Å². The molecule has 1 atom stereocenters. The van der Waals surface area contributed by atoms with E-state index < -0.39 is 0 Å². The van der Waals surface area contributed by atoms with Crippen LogP contribution in [0.5, 0.6) is 0 Å². The molecular formula is C10H13Cl2N3. The van der Waals surface area contributed by atoms with E-state index in [1.165, 1.54) is 11.1 Å². The Hall–Kier alpha value is -0.770. The molecule has 0 spiro atoms. The predicted octanol–water partition coefficient (Wildman–Crippen LogP) is 1.76. The van der Waals surface area contributed by atoms with Gasteiger partial charge >= 0.3 is 0 Å². The van der Waals surface area contributed by atoms with Gasteiger partial charge in [-0.1, -0.05) is 12.1 Å². The highest BCUT2D eigenvalue weighted by Crippen LogP contribution is 2.23. The number of imidazole rings is 1. The molecule has 0 aliphatic carbocycles. The summed E-state index contributed by atoms with van der Waals surface area (Å²) in [5, 5.41) is 0. The molecule has 2 heterocycles. The van der Waals surface area contributed by atoms with Gasteiger partial charge in [0, 0.05) is 12.6 Å². The lowest BCUT2D eigenvalue weighted by molar-refractivity contribution is 0.539. The van der Waals surface area contributed by atoms with Crippen molar-refractivity contribution in [3.63, 3.8) is 0 Å². The number of hydrogen-bond acceptors (Lipinski definition) is 2. The monoisotopic (exact) mass is 245 g/mol. The van der Waals surface area contributed by atoms with Gasteiger partial charge in [0.05, 0.1) is 17.4 Å². The molecule has 82 valence electrons. The molecule has 3 nitrogen and oxygen atoms in total. The Morgan fingerprint density at radius 3 is 2.93 bits per heavy atom. The van der Waals surface area contributed by atoms with Crippen molar-refractivity contribution in [2.45, 2.75) is 19.0 Å². The molecule has 1 aromatic carbocycles. The van der Waals surface area contributed by atoms with E-state index in [1.54, 1.807) is 0 Å². The van der Waals surface area contributed by atoms with Crippen molar-refractivity contribution >= 4 is 35.8 Å². The summed E-state index contributed by atoms with van der Waals surface area (Å²) in [5.74, 6) is 0. The largest absolute Gasteiger partial charge is 0.329 e. The van der Waals surface area contributed by atoms with Crippen molar-refractivity contribution < 1.29 is 0 Å². The minimum absolute atomic E-state index is 0. The summed E-state index contributed by atoms with van der Waals surface area (Å²) in [4.78, 5) is 4.33. The van der Waals surface area contributed by atoms with Gasteiger partial charge in [0.15, 0.2) is 0 Å². The zero-order valence-corrected chi connectivity index (χ0v) is 9.72. The number of halogens is 2. The van der Waals surface area contributed by atoms with Gasteiger partial charge in [-0.25, -0.2) is 4.98 Å². The maximum atomic E-state index is 5.94. The van der Waals surface area contributed by atoms with E-state index in [0.29, 0.717) is 0 Å². The van der Waals surface area contributed by atoms with Crippen molar-refractivity contribution in [2.24, 2.45) is 5.73 Å². The van der Waals surface area contributed by atoms with Gasteiger partial charge in [-0.15, -0.1) is 24.8 Å². The number of nitrogens with two attached hydrogens (primary N) is 1. The second kappa shape index (κ2) is 4.39. The van der Waals surface area contributed by atoms with E-state index in [0.717, 1.165) is 18.5 Å². The van der Waals surface area contributed by atoms with Gasteiger partial charge < -0.3 is 10.3 Å². The van der Waals surface area contributed by atoms with Crippen molar-refractivity contribution in [2.75, 3.05) is 0 Å². The van der Waals surface area contributed by atoms with Gasteiger partial charge in [0.1, 0.15) is 0 Å². The average molecular weight is 246 g/mol. The first-order valence-corrected chi connectivity index (χ1v) is 4.53. The van der Waals surface area contributed by atoms with Crippen LogP contribution in [-0.2, 0) is 13.0 Å². The van der Waals surface area contributed by atoms with Crippen LogP contribution in [0.3, 0.4) is 0 Å². The summed E-state index contributed by atoms with van der Waals surface area (Å²) in [5.41, 5.74) is 9.62. The molecule has 0 radical (unpaired) electrons. The summed E-state index contributed by atoms with van der Waals surface area (Å²) < 4.78 is 2.15. The van der Waals surface area contributed by atoms with Gasteiger partial charge in [-0.3, -0.25) is 0 Å². The maximum Gasteiger partial charge on any atom is 0.0958 e. The van der Waals surface area contributed by atoms with Crippen LogP contribution in [0, 0.1) is 0 Å². The first-order valence-electron chi connectivity index (χ1n) is 4.53. The van der Waals surface area contributed by atoms with Crippen LogP contribution in [0.25, 0.3) is 11.0 Å². The third kappa shape index (κ3) is 1.83. The minimum atomic E-state index is 0. The minimum Gasteiger partial charge on any atom is -0.329 e. The average Bonchev–Trinajstić information content (AvgIpc) is 2.50. The van der Waals surface area contributed by atoms with E-state index in [2.05, 4.69) is 15.6 Å². The molecule has 0 saturated heterocycles. The second-order valence-electron chi connectivity index (χ2n) is 3.65. The number of aromatic nitrogens is 2. The molecule has 1 unspecified atom stereocenters. The third-order valence-electron chi connectivity index (χ3n) is 2.64. The fourth-order valence-corrected chi connectivity index (χ4v) is 2.11. The molecule has 0 bridgehead atoms. The predicted molar refractivity (Wildman–Crippen MR) is 65.9 cm³/mol. The standard InChI is InChI=1S/C10H11N3.2ClH/c11-8-4-7-2-1-3-9-10(7)13(5-8)6-12-9;;/h1-3,6,8H,4-5,11H2;2*1H. The Kier molecular flexibility index (Phi) is 3.60. The van der Waals surface area contributed by atoms with Crippen LogP contribution in [0.1, 0.15) is 5.56 Å². The molecule has 5 heteroatoms. The number of para-hydroxylation sites is 1. The van der Waals surface area contributed by atoms with E-state index >= 15 is 0 Å². The summed E-state index contributed by atoms with van der Waals surface area (Å²) in [6.07, 6.45) is 2.86. The van der Waals surface area contributed by atoms with Gasteiger partial charge in [0.2, 0.25) is 0 Å². The van der Waals surface area contributed by atoms with E-state index in [9.17, 15) is 0 Å². The van der Waals surface area contributed by atoms with E-state index in [4.69, 9.17) is 5.73 Å². The summed E-state index contributed by atoms with van der Waals surface area (Å²) >= 11 is 0. The van der Waals surface area contributed by atoms with Crippen LogP contribution >= 0.6 is 24.8 Å². The Balaban J connectivity index is 0.000000562. The lowest BCUT2D eigenvalue weighted by Gasteiger charge is -2.20. The zero-order valence-electron chi connectivity index (χ0n) is 8.09. The molecule has 0 fully saturated rings. The van der Waals surface area contributed by atoms with Crippen LogP contribution in [0.4, 0.5) is 0 Å². The highest BCUT2D eigenvalue weighted by atomic mass is 35.5. The fourth-order valence-electron chi connectivity index (χ4n) is 2.11. The molecule has 15 heavy (non-hydrogen) atoms. The van der Waals surface area contributed by atoms with Crippen LogP contribution in [0.2, 0.25) is 0 Å². The molecule has 2 aromatic rings. The molecule has 3 rings (SSSR count). The number of benzene rings is 1. The molecule has 0 amide bonds. The maximum absolute atomic E-state index is 5.94.